The molecule has 0 fully saturated rings. The number of carbonyl (C=O) groups excluding carboxylic acids is 2. The first kappa shape index (κ1) is 20.6. The molecule has 1 N–H and O–H groups in total. The molecule has 0 atom stereocenters. The Morgan fingerprint density at radius 1 is 0.931 bits per heavy atom. The Morgan fingerprint density at radius 2 is 1.59 bits per heavy atom. The Balaban J connectivity index is 1.98. The van der Waals surface area contributed by atoms with E-state index in [2.05, 4.69) is 19.2 Å². The minimum absolute atomic E-state index is 0.262. The molecule has 0 radical (unpaired) electrons. The number of imide groups is 1. The molecule has 2 amide bonds. The molecule has 2 aromatic carbocycles. The van der Waals surface area contributed by atoms with Crippen molar-refractivity contribution in [3.05, 3.63) is 65.4 Å². The van der Waals surface area contributed by atoms with Crippen molar-refractivity contribution in [1.82, 2.24) is 4.90 Å². The van der Waals surface area contributed by atoms with Gasteiger partial charge in [0.05, 0.1) is 12.2 Å². The molecule has 0 aliphatic carbocycles. The molecular weight excluding hydrogens is 364 g/mol. The molecule has 1 heterocycles. The topological polar surface area (TPSA) is 58.6 Å². The van der Waals surface area contributed by atoms with E-state index >= 15 is 0 Å². The van der Waals surface area contributed by atoms with Gasteiger partial charge in [-0.1, -0.05) is 45.0 Å². The Morgan fingerprint density at radius 3 is 2.14 bits per heavy atom. The van der Waals surface area contributed by atoms with Crippen molar-refractivity contribution in [2.24, 2.45) is 0 Å². The second-order valence-corrected chi connectivity index (χ2v) is 7.37. The van der Waals surface area contributed by atoms with Crippen LogP contribution in [0.25, 0.3) is 5.57 Å². The van der Waals surface area contributed by atoms with Crippen molar-refractivity contribution in [3.8, 4) is 5.75 Å². The molecule has 1 aliphatic heterocycles. The predicted molar refractivity (Wildman–Crippen MR) is 116 cm³/mol. The van der Waals surface area contributed by atoms with Gasteiger partial charge in [-0.25, -0.2) is 0 Å². The number of anilines is 1. The fraction of sp³-hybridized carbons (Fsp3) is 0.333. The van der Waals surface area contributed by atoms with E-state index in [9.17, 15) is 9.59 Å². The van der Waals surface area contributed by atoms with Crippen LogP contribution < -0.4 is 10.1 Å². The summed E-state index contributed by atoms with van der Waals surface area (Å²) in [5, 5.41) is 3.20. The summed E-state index contributed by atoms with van der Waals surface area (Å²) in [7, 11) is 0. The van der Waals surface area contributed by atoms with Crippen LogP contribution in [0.15, 0.2) is 54.2 Å². The van der Waals surface area contributed by atoms with E-state index in [0.717, 1.165) is 11.4 Å². The molecule has 29 heavy (non-hydrogen) atoms. The Kier molecular flexibility index (Phi) is 6.37. The molecule has 0 unspecified atom stereocenters. The number of amides is 2. The van der Waals surface area contributed by atoms with Crippen LogP contribution in [0.1, 0.15) is 51.2 Å². The highest BCUT2D eigenvalue weighted by molar-refractivity contribution is 6.36. The van der Waals surface area contributed by atoms with Gasteiger partial charge < -0.3 is 10.1 Å². The molecular formula is C24H28N2O3. The quantitative estimate of drug-likeness (QED) is 0.655. The molecule has 5 heteroatoms. The number of hydrogen-bond donors (Lipinski definition) is 1. The monoisotopic (exact) mass is 392 g/mol. The summed E-state index contributed by atoms with van der Waals surface area (Å²) in [6, 6.07) is 15.2. The number of carbonyl (C=O) groups is 2. The van der Waals surface area contributed by atoms with Crippen LogP contribution in [0.5, 0.6) is 5.75 Å². The average Bonchev–Trinajstić information content (AvgIpc) is 2.94. The van der Waals surface area contributed by atoms with Gasteiger partial charge in [0.1, 0.15) is 11.4 Å². The number of ether oxygens (including phenoxy) is 1. The van der Waals surface area contributed by atoms with Crippen LogP contribution in [-0.2, 0) is 9.59 Å². The van der Waals surface area contributed by atoms with E-state index in [-0.39, 0.29) is 11.8 Å². The fourth-order valence-electron chi connectivity index (χ4n) is 3.37. The molecule has 0 saturated heterocycles. The molecule has 152 valence electrons. The standard InChI is InChI=1S/C24H28N2O3/c1-5-15-26-23(27)21(18-9-13-20(14-10-18)29-6-2)22(24(26)28)25-19-11-7-17(8-12-19)16(3)4/h7-14,16,25H,5-6,15H2,1-4H3. The third-order valence-corrected chi connectivity index (χ3v) is 4.92. The zero-order valence-corrected chi connectivity index (χ0v) is 17.5. The molecule has 0 aromatic heterocycles. The second kappa shape index (κ2) is 8.95. The maximum Gasteiger partial charge on any atom is 0.278 e. The minimum atomic E-state index is -0.284. The maximum absolute atomic E-state index is 13.0. The van der Waals surface area contributed by atoms with Crippen LogP contribution in [0.2, 0.25) is 0 Å². The summed E-state index contributed by atoms with van der Waals surface area (Å²) < 4.78 is 5.49. The lowest BCUT2D eigenvalue weighted by Crippen LogP contribution is -2.33. The molecule has 3 rings (SSSR count). The van der Waals surface area contributed by atoms with E-state index in [1.54, 1.807) is 0 Å². The smallest absolute Gasteiger partial charge is 0.278 e. The SMILES string of the molecule is CCCN1C(=O)C(Nc2ccc(C(C)C)cc2)=C(c2ccc(OCC)cc2)C1=O. The first-order valence-corrected chi connectivity index (χ1v) is 10.2. The molecule has 0 saturated carbocycles. The van der Waals surface area contributed by atoms with E-state index in [1.807, 2.05) is 62.4 Å². The number of rotatable bonds is 8. The lowest BCUT2D eigenvalue weighted by Gasteiger charge is -2.14. The van der Waals surface area contributed by atoms with Crippen molar-refractivity contribution in [3.63, 3.8) is 0 Å². The highest BCUT2D eigenvalue weighted by Crippen LogP contribution is 2.31. The number of nitrogens with one attached hydrogen (secondary N) is 1. The fourth-order valence-corrected chi connectivity index (χ4v) is 3.37. The van der Waals surface area contributed by atoms with Gasteiger partial charge in [-0.05, 0) is 54.7 Å². The van der Waals surface area contributed by atoms with Gasteiger partial charge in [0.25, 0.3) is 11.8 Å². The van der Waals surface area contributed by atoms with Crippen LogP contribution in [0.4, 0.5) is 5.69 Å². The summed E-state index contributed by atoms with van der Waals surface area (Å²) in [5.74, 6) is 0.617. The van der Waals surface area contributed by atoms with Gasteiger partial charge in [0, 0.05) is 12.2 Å². The van der Waals surface area contributed by atoms with Gasteiger partial charge in [-0.2, -0.15) is 0 Å². The Bertz CT molecular complexity index is 912. The molecule has 5 nitrogen and oxygen atoms in total. The first-order chi connectivity index (χ1) is 14.0. The van der Waals surface area contributed by atoms with Gasteiger partial charge in [-0.3, -0.25) is 14.5 Å². The van der Waals surface area contributed by atoms with E-state index < -0.39 is 0 Å². The highest BCUT2D eigenvalue weighted by atomic mass is 16.5. The van der Waals surface area contributed by atoms with Crippen molar-refractivity contribution >= 4 is 23.1 Å². The van der Waals surface area contributed by atoms with Gasteiger partial charge in [0.15, 0.2) is 0 Å². The summed E-state index contributed by atoms with van der Waals surface area (Å²) in [6.07, 6.45) is 0.713. The molecule has 2 aromatic rings. The summed E-state index contributed by atoms with van der Waals surface area (Å²) in [6.45, 7) is 9.12. The number of hydrogen-bond acceptors (Lipinski definition) is 4. The Labute approximate surface area is 172 Å². The van der Waals surface area contributed by atoms with Crippen molar-refractivity contribution in [1.29, 1.82) is 0 Å². The largest absolute Gasteiger partial charge is 0.494 e. The summed E-state index contributed by atoms with van der Waals surface area (Å²) in [4.78, 5) is 27.4. The van der Waals surface area contributed by atoms with Crippen molar-refractivity contribution in [2.45, 2.75) is 40.0 Å². The summed E-state index contributed by atoms with van der Waals surface area (Å²) in [5.41, 5.74) is 3.43. The Hall–Kier alpha value is -3.08. The van der Waals surface area contributed by atoms with Crippen LogP contribution in [-0.4, -0.2) is 29.9 Å². The number of nitrogens with zero attached hydrogens (tertiary/aromatic N) is 1. The molecule has 0 bridgehead atoms. The average molecular weight is 392 g/mol. The lowest BCUT2D eigenvalue weighted by molar-refractivity contribution is -0.136. The first-order valence-electron chi connectivity index (χ1n) is 10.2. The lowest BCUT2D eigenvalue weighted by atomic mass is 10.0. The summed E-state index contributed by atoms with van der Waals surface area (Å²) >= 11 is 0. The van der Waals surface area contributed by atoms with E-state index in [4.69, 9.17) is 4.74 Å². The second-order valence-electron chi connectivity index (χ2n) is 7.37. The zero-order chi connectivity index (χ0) is 21.0. The highest BCUT2D eigenvalue weighted by Gasteiger charge is 2.38. The minimum Gasteiger partial charge on any atom is -0.494 e. The van der Waals surface area contributed by atoms with Crippen molar-refractivity contribution < 1.29 is 14.3 Å². The van der Waals surface area contributed by atoms with Crippen molar-refractivity contribution in [2.75, 3.05) is 18.5 Å². The van der Waals surface area contributed by atoms with E-state index in [1.165, 1.54) is 10.5 Å². The predicted octanol–water partition coefficient (Wildman–Crippen LogP) is 4.81. The van der Waals surface area contributed by atoms with Crippen LogP contribution in [0, 0.1) is 0 Å². The van der Waals surface area contributed by atoms with Crippen LogP contribution >= 0.6 is 0 Å². The third kappa shape index (κ3) is 4.34. The third-order valence-electron chi connectivity index (χ3n) is 4.92. The van der Waals surface area contributed by atoms with Gasteiger partial charge in [0.2, 0.25) is 0 Å². The maximum atomic E-state index is 13.0. The van der Waals surface area contributed by atoms with E-state index in [0.29, 0.717) is 42.3 Å². The van der Waals surface area contributed by atoms with Gasteiger partial charge >= 0.3 is 0 Å². The van der Waals surface area contributed by atoms with Gasteiger partial charge in [-0.15, -0.1) is 0 Å². The number of benzene rings is 2. The molecule has 0 spiro atoms. The normalized spacial score (nSPS) is 14.2. The zero-order valence-electron chi connectivity index (χ0n) is 17.5. The molecule has 1 aliphatic rings. The van der Waals surface area contributed by atoms with Crippen LogP contribution in [0.3, 0.4) is 0 Å².